The Hall–Kier alpha value is -2.16. The number of piperidine rings is 1. The molecule has 4 heterocycles. The molecule has 2 amide bonds. The van der Waals surface area contributed by atoms with E-state index >= 15 is 0 Å². The number of urea groups is 1. The predicted molar refractivity (Wildman–Crippen MR) is 123 cm³/mol. The lowest BCUT2D eigenvalue weighted by Crippen LogP contribution is -2.48. The molecule has 0 bridgehead atoms. The van der Waals surface area contributed by atoms with Crippen molar-refractivity contribution in [1.82, 2.24) is 20.1 Å². The third-order valence-corrected chi connectivity index (χ3v) is 6.97. The largest absolute Gasteiger partial charge is 0.357 e. The molecule has 4 rings (SSSR count). The molecule has 0 aliphatic carbocycles. The van der Waals surface area contributed by atoms with Crippen LogP contribution in [-0.2, 0) is 0 Å². The number of hydrogen-bond acceptors (Lipinski definition) is 6. The number of nitrogens with one attached hydrogen (secondary N) is 2. The number of pyridine rings is 1. The van der Waals surface area contributed by atoms with Gasteiger partial charge >= 0.3 is 6.03 Å². The van der Waals surface area contributed by atoms with E-state index in [1.165, 1.54) is 24.1 Å². The highest BCUT2D eigenvalue weighted by Gasteiger charge is 2.25. The molecule has 0 saturated carbocycles. The van der Waals surface area contributed by atoms with Gasteiger partial charge in [0.2, 0.25) is 0 Å². The smallest absolute Gasteiger partial charge is 0.319 e. The number of carbonyl (C=O) groups is 1. The maximum Gasteiger partial charge on any atom is 0.319 e. The number of amides is 2. The van der Waals surface area contributed by atoms with Crippen LogP contribution in [0.25, 0.3) is 0 Å². The van der Waals surface area contributed by atoms with Crippen molar-refractivity contribution in [3.8, 4) is 0 Å². The van der Waals surface area contributed by atoms with Gasteiger partial charge in [-0.05, 0) is 49.9 Å². The van der Waals surface area contributed by atoms with E-state index in [9.17, 15) is 4.79 Å². The van der Waals surface area contributed by atoms with Gasteiger partial charge in [0.1, 0.15) is 5.82 Å². The Kier molecular flexibility index (Phi) is 7.20. The zero-order chi connectivity index (χ0) is 20.8. The van der Waals surface area contributed by atoms with Crippen LogP contribution in [0.1, 0.15) is 30.2 Å². The van der Waals surface area contributed by atoms with Crippen molar-refractivity contribution in [2.45, 2.75) is 25.3 Å². The highest BCUT2D eigenvalue weighted by molar-refractivity contribution is 7.10. The number of thiophene rings is 1. The van der Waals surface area contributed by atoms with Crippen molar-refractivity contribution in [2.75, 3.05) is 63.1 Å². The number of hydrogen-bond donors (Lipinski definition) is 2. The van der Waals surface area contributed by atoms with Gasteiger partial charge in [0.25, 0.3) is 0 Å². The summed E-state index contributed by atoms with van der Waals surface area (Å²) in [4.78, 5) is 25.5. The van der Waals surface area contributed by atoms with Crippen LogP contribution in [-0.4, -0.2) is 73.7 Å². The van der Waals surface area contributed by atoms with Gasteiger partial charge in [-0.2, -0.15) is 0 Å². The molecule has 2 aromatic rings. The maximum absolute atomic E-state index is 12.5. The molecule has 2 aromatic heterocycles. The highest BCUT2D eigenvalue weighted by Crippen LogP contribution is 2.25. The molecule has 162 valence electrons. The van der Waals surface area contributed by atoms with Crippen LogP contribution in [0.5, 0.6) is 0 Å². The first-order valence-corrected chi connectivity index (χ1v) is 11.8. The number of anilines is 2. The first-order valence-electron chi connectivity index (χ1n) is 10.9. The van der Waals surface area contributed by atoms with Crippen LogP contribution >= 0.6 is 11.3 Å². The minimum atomic E-state index is -0.182. The van der Waals surface area contributed by atoms with E-state index in [1.54, 1.807) is 17.5 Å². The summed E-state index contributed by atoms with van der Waals surface area (Å²) in [5.41, 5.74) is 0.723. The second-order valence-corrected chi connectivity index (χ2v) is 9.14. The van der Waals surface area contributed by atoms with Crippen LogP contribution in [0.15, 0.2) is 35.8 Å². The zero-order valence-electron chi connectivity index (χ0n) is 17.7. The summed E-state index contributed by atoms with van der Waals surface area (Å²) >= 11 is 1.75. The first kappa shape index (κ1) is 21.1. The minimum absolute atomic E-state index is 0.182. The lowest BCUT2D eigenvalue weighted by molar-refractivity contribution is 0.113. The molecule has 2 aliphatic heterocycles. The van der Waals surface area contributed by atoms with E-state index < -0.39 is 0 Å². The summed E-state index contributed by atoms with van der Waals surface area (Å²) in [6.07, 6.45) is 5.50. The number of nitrogens with zero attached hydrogens (tertiary/aromatic N) is 4. The molecule has 7 nitrogen and oxygen atoms in total. The fourth-order valence-corrected chi connectivity index (χ4v) is 5.02. The number of likely N-dealkylation sites (N-methyl/N-ethyl adjacent to an activating group) is 1. The maximum atomic E-state index is 12.5. The molecular weight excluding hydrogens is 396 g/mol. The molecule has 30 heavy (non-hydrogen) atoms. The molecule has 2 saturated heterocycles. The van der Waals surface area contributed by atoms with Gasteiger partial charge in [-0.3, -0.25) is 4.90 Å². The normalized spacial score (nSPS) is 19.4. The third-order valence-electron chi connectivity index (χ3n) is 5.99. The predicted octanol–water partition coefficient (Wildman–Crippen LogP) is 3.24. The average molecular weight is 429 g/mol. The quantitative estimate of drug-likeness (QED) is 0.740. The summed E-state index contributed by atoms with van der Waals surface area (Å²) in [5, 5.41) is 8.10. The fraction of sp³-hybridized carbons (Fsp3) is 0.545. The molecule has 0 spiro atoms. The average Bonchev–Trinajstić information content (AvgIpc) is 3.31. The van der Waals surface area contributed by atoms with Crippen molar-refractivity contribution < 1.29 is 4.79 Å². The van der Waals surface area contributed by atoms with Crippen LogP contribution in [0.3, 0.4) is 0 Å². The summed E-state index contributed by atoms with van der Waals surface area (Å²) < 4.78 is 0. The first-order chi connectivity index (χ1) is 14.7. The molecule has 8 heteroatoms. The Morgan fingerprint density at radius 2 is 1.90 bits per heavy atom. The van der Waals surface area contributed by atoms with Crippen LogP contribution in [0.4, 0.5) is 16.3 Å². The SMILES string of the molecule is CN1CCN([C@H](CNC(=O)Nc2ccc(N3CCCCC3)nc2)c2cccs2)CC1. The summed E-state index contributed by atoms with van der Waals surface area (Å²) in [5.74, 6) is 0.994. The summed E-state index contributed by atoms with van der Waals surface area (Å²) in [6, 6.07) is 8.21. The molecule has 0 radical (unpaired) electrons. The molecule has 1 atom stereocenters. The van der Waals surface area contributed by atoms with E-state index in [0.29, 0.717) is 6.54 Å². The van der Waals surface area contributed by atoms with Crippen molar-refractivity contribution in [1.29, 1.82) is 0 Å². The molecule has 2 aliphatic rings. The van der Waals surface area contributed by atoms with E-state index in [1.807, 2.05) is 12.1 Å². The summed E-state index contributed by atoms with van der Waals surface area (Å²) in [6.45, 7) is 6.88. The standard InChI is InChI=1S/C22H32N6OS/c1-26-11-13-27(14-12-26)19(20-6-5-15-30-20)17-24-22(29)25-18-7-8-21(23-16-18)28-9-3-2-4-10-28/h5-8,15-16,19H,2-4,9-14,17H2,1H3,(H2,24,25,29)/t19-/m1/s1. The Morgan fingerprint density at radius 3 is 2.57 bits per heavy atom. The van der Waals surface area contributed by atoms with Gasteiger partial charge in [0, 0.05) is 50.7 Å². The molecule has 2 N–H and O–H groups in total. The van der Waals surface area contributed by atoms with Crippen molar-refractivity contribution >= 4 is 28.9 Å². The minimum Gasteiger partial charge on any atom is -0.357 e. The fourth-order valence-electron chi connectivity index (χ4n) is 4.16. The lowest BCUT2D eigenvalue weighted by atomic mass is 10.1. The Bertz CT molecular complexity index is 782. The van der Waals surface area contributed by atoms with Gasteiger partial charge in [-0.25, -0.2) is 9.78 Å². The number of aromatic nitrogens is 1. The Labute approximate surface area is 183 Å². The lowest BCUT2D eigenvalue weighted by Gasteiger charge is -2.37. The Balaban J connectivity index is 1.31. The van der Waals surface area contributed by atoms with Crippen LogP contribution in [0.2, 0.25) is 0 Å². The number of piperazine rings is 1. The van der Waals surface area contributed by atoms with Gasteiger partial charge < -0.3 is 20.4 Å². The van der Waals surface area contributed by atoms with Crippen molar-refractivity contribution in [2.24, 2.45) is 0 Å². The highest BCUT2D eigenvalue weighted by atomic mass is 32.1. The number of rotatable bonds is 6. The second-order valence-electron chi connectivity index (χ2n) is 8.16. The second kappa shape index (κ2) is 10.2. The monoisotopic (exact) mass is 428 g/mol. The van der Waals surface area contributed by atoms with Crippen molar-refractivity contribution in [3.63, 3.8) is 0 Å². The molecule has 0 unspecified atom stereocenters. The molecule has 2 fully saturated rings. The zero-order valence-corrected chi connectivity index (χ0v) is 18.5. The van der Waals surface area contributed by atoms with Gasteiger partial charge in [-0.1, -0.05) is 6.07 Å². The third kappa shape index (κ3) is 5.50. The van der Waals surface area contributed by atoms with Gasteiger partial charge in [0.15, 0.2) is 0 Å². The molecule has 0 aromatic carbocycles. The van der Waals surface area contributed by atoms with E-state index in [-0.39, 0.29) is 12.1 Å². The molecular formula is C22H32N6OS. The van der Waals surface area contributed by atoms with Crippen molar-refractivity contribution in [3.05, 3.63) is 40.7 Å². The van der Waals surface area contributed by atoms with Crippen LogP contribution in [0, 0.1) is 0 Å². The van der Waals surface area contributed by atoms with Crippen LogP contribution < -0.4 is 15.5 Å². The van der Waals surface area contributed by atoms with E-state index in [0.717, 1.165) is 50.8 Å². The van der Waals surface area contributed by atoms with E-state index in [2.05, 4.69) is 54.9 Å². The van der Waals surface area contributed by atoms with Gasteiger partial charge in [0.05, 0.1) is 17.9 Å². The van der Waals surface area contributed by atoms with Gasteiger partial charge in [-0.15, -0.1) is 11.3 Å². The number of carbonyl (C=O) groups excluding carboxylic acids is 1. The summed E-state index contributed by atoms with van der Waals surface area (Å²) in [7, 11) is 2.16. The topological polar surface area (TPSA) is 63.7 Å². The van der Waals surface area contributed by atoms with E-state index in [4.69, 9.17) is 0 Å². The Morgan fingerprint density at radius 1 is 1.10 bits per heavy atom.